The Morgan fingerprint density at radius 3 is 2.56 bits per heavy atom. The zero-order chi connectivity index (χ0) is 23.8. The molecule has 4 nitrogen and oxygen atoms in total. The molecule has 0 saturated heterocycles. The lowest BCUT2D eigenvalue weighted by molar-refractivity contribution is 0.183. The fourth-order valence-corrected chi connectivity index (χ4v) is 5.10. The van der Waals surface area contributed by atoms with Crippen LogP contribution in [0.3, 0.4) is 0 Å². The maximum absolute atomic E-state index is 14.0. The number of hydrogen-bond donors (Lipinski definition) is 0. The largest absolute Gasteiger partial charge is 0.497 e. The second kappa shape index (κ2) is 12.2. The van der Waals surface area contributed by atoms with E-state index in [9.17, 15) is 4.39 Å². The van der Waals surface area contributed by atoms with Gasteiger partial charge in [-0.1, -0.05) is 56.9 Å². The predicted octanol–water partition coefficient (Wildman–Crippen LogP) is 7.08. The fourth-order valence-electron chi connectivity index (χ4n) is 5.10. The molecule has 1 aliphatic carbocycles. The van der Waals surface area contributed by atoms with Gasteiger partial charge < -0.3 is 9.30 Å². The Bertz CT molecular complexity index is 1020. The number of unbranched alkanes of at least 4 members (excludes halogenated alkanes) is 1. The summed E-state index contributed by atoms with van der Waals surface area (Å²) in [6, 6.07) is 15.2. The first kappa shape index (κ1) is 24.5. The summed E-state index contributed by atoms with van der Waals surface area (Å²) in [7, 11) is 1.71. The third-order valence-corrected chi connectivity index (χ3v) is 6.95. The van der Waals surface area contributed by atoms with Gasteiger partial charge in [0.05, 0.1) is 19.0 Å². The van der Waals surface area contributed by atoms with Crippen LogP contribution in [0, 0.1) is 11.7 Å². The predicted molar refractivity (Wildman–Crippen MR) is 136 cm³/mol. The van der Waals surface area contributed by atoms with E-state index in [1.54, 1.807) is 19.2 Å². The van der Waals surface area contributed by atoms with E-state index in [0.717, 1.165) is 62.1 Å². The van der Waals surface area contributed by atoms with Gasteiger partial charge in [-0.05, 0) is 55.0 Å². The summed E-state index contributed by atoms with van der Waals surface area (Å²) in [5, 5.41) is 0. The van der Waals surface area contributed by atoms with Gasteiger partial charge in [-0.15, -0.1) is 0 Å². The smallest absolute Gasteiger partial charge is 0.140 e. The summed E-state index contributed by atoms with van der Waals surface area (Å²) in [6.45, 7) is 5.94. The van der Waals surface area contributed by atoms with Crippen molar-refractivity contribution < 1.29 is 9.13 Å². The van der Waals surface area contributed by atoms with Crippen LogP contribution < -0.4 is 4.74 Å². The number of methoxy groups -OCH3 is 1. The lowest BCUT2D eigenvalue weighted by Gasteiger charge is -2.30. The van der Waals surface area contributed by atoms with Crippen molar-refractivity contribution in [1.82, 2.24) is 14.5 Å². The molecule has 34 heavy (non-hydrogen) atoms. The van der Waals surface area contributed by atoms with Crippen LogP contribution in [0.1, 0.15) is 63.1 Å². The molecular weight excluding hydrogens is 425 g/mol. The molecule has 0 aliphatic heterocycles. The van der Waals surface area contributed by atoms with Crippen LogP contribution >= 0.6 is 0 Å². The molecule has 0 N–H and O–H groups in total. The maximum Gasteiger partial charge on any atom is 0.140 e. The van der Waals surface area contributed by atoms with Crippen molar-refractivity contribution in [3.05, 3.63) is 71.8 Å². The third-order valence-electron chi connectivity index (χ3n) is 6.95. The van der Waals surface area contributed by atoms with Crippen molar-refractivity contribution in [1.29, 1.82) is 0 Å². The van der Waals surface area contributed by atoms with Crippen LogP contribution in [0.15, 0.2) is 54.7 Å². The number of ether oxygens (including phenoxy) is 1. The number of halogens is 1. The van der Waals surface area contributed by atoms with Gasteiger partial charge in [0, 0.05) is 31.7 Å². The standard InChI is InChI=1S/C29H38FN3O/c1-3-4-17-33-27(19-31-29(33)25-11-8-12-26(30)18-25)22-32(20-23-9-6-5-7-10-23)21-24-13-15-28(34-2)16-14-24/h8,11-16,18-19,23H,3-7,9-10,17,20-22H2,1-2H3. The Hall–Kier alpha value is -2.66. The van der Waals surface area contributed by atoms with Crippen molar-refractivity contribution >= 4 is 0 Å². The Balaban J connectivity index is 1.59. The number of aromatic nitrogens is 2. The molecule has 2 aromatic carbocycles. The third kappa shape index (κ3) is 6.47. The Labute approximate surface area is 203 Å². The summed E-state index contributed by atoms with van der Waals surface area (Å²) in [5.74, 6) is 2.29. The first-order chi connectivity index (χ1) is 16.7. The summed E-state index contributed by atoms with van der Waals surface area (Å²) >= 11 is 0. The normalized spacial score (nSPS) is 14.6. The van der Waals surface area contributed by atoms with Gasteiger partial charge in [0.2, 0.25) is 0 Å². The molecule has 0 radical (unpaired) electrons. The van der Waals surface area contributed by atoms with E-state index in [1.165, 1.54) is 49.4 Å². The summed E-state index contributed by atoms with van der Waals surface area (Å²) in [4.78, 5) is 7.34. The molecule has 1 heterocycles. The van der Waals surface area contributed by atoms with Gasteiger partial charge in [-0.2, -0.15) is 0 Å². The van der Waals surface area contributed by atoms with Crippen molar-refractivity contribution in [2.24, 2.45) is 5.92 Å². The minimum Gasteiger partial charge on any atom is -0.497 e. The van der Waals surface area contributed by atoms with Gasteiger partial charge >= 0.3 is 0 Å². The molecule has 182 valence electrons. The molecule has 0 bridgehead atoms. The summed E-state index contributed by atoms with van der Waals surface area (Å²) < 4.78 is 21.6. The average Bonchev–Trinajstić information content (AvgIpc) is 3.26. The van der Waals surface area contributed by atoms with Crippen LogP contribution in [0.2, 0.25) is 0 Å². The average molecular weight is 464 g/mol. The number of benzene rings is 2. The van der Waals surface area contributed by atoms with Crippen molar-refractivity contribution in [2.75, 3.05) is 13.7 Å². The van der Waals surface area contributed by atoms with Crippen LogP contribution in [0.25, 0.3) is 11.4 Å². The van der Waals surface area contributed by atoms with Gasteiger partial charge in [0.15, 0.2) is 0 Å². The molecule has 0 unspecified atom stereocenters. The molecule has 5 heteroatoms. The second-order valence-electron chi connectivity index (χ2n) is 9.61. The Morgan fingerprint density at radius 2 is 1.85 bits per heavy atom. The van der Waals surface area contributed by atoms with Gasteiger partial charge in [-0.25, -0.2) is 9.37 Å². The second-order valence-corrected chi connectivity index (χ2v) is 9.61. The lowest BCUT2D eigenvalue weighted by Crippen LogP contribution is -2.31. The highest BCUT2D eigenvalue weighted by molar-refractivity contribution is 5.56. The van der Waals surface area contributed by atoms with E-state index < -0.39 is 0 Å². The molecule has 1 aliphatic rings. The molecule has 3 aromatic rings. The van der Waals surface area contributed by atoms with E-state index in [4.69, 9.17) is 9.72 Å². The van der Waals surface area contributed by atoms with Crippen LogP contribution in [0.4, 0.5) is 4.39 Å². The van der Waals surface area contributed by atoms with Crippen LogP contribution in [-0.4, -0.2) is 28.1 Å². The topological polar surface area (TPSA) is 30.3 Å². The number of hydrogen-bond acceptors (Lipinski definition) is 3. The van der Waals surface area contributed by atoms with E-state index in [1.807, 2.05) is 24.4 Å². The molecule has 1 fully saturated rings. The SMILES string of the molecule is CCCCn1c(CN(Cc2ccc(OC)cc2)CC2CCCCC2)cnc1-c1cccc(F)c1. The minimum absolute atomic E-state index is 0.220. The molecule has 1 saturated carbocycles. The lowest BCUT2D eigenvalue weighted by atomic mass is 9.89. The Morgan fingerprint density at radius 1 is 1.06 bits per heavy atom. The number of nitrogens with zero attached hydrogens (tertiary/aromatic N) is 3. The van der Waals surface area contributed by atoms with E-state index in [0.29, 0.717) is 0 Å². The number of imidazole rings is 1. The van der Waals surface area contributed by atoms with Gasteiger partial charge in [-0.3, -0.25) is 4.90 Å². The molecule has 1 aromatic heterocycles. The zero-order valence-corrected chi connectivity index (χ0v) is 20.7. The summed E-state index contributed by atoms with van der Waals surface area (Å²) in [6.07, 6.45) is 10.9. The van der Waals surface area contributed by atoms with Crippen molar-refractivity contribution in [2.45, 2.75) is 71.5 Å². The summed E-state index contributed by atoms with van der Waals surface area (Å²) in [5.41, 5.74) is 3.34. The van der Waals surface area contributed by atoms with Gasteiger partial charge in [0.1, 0.15) is 17.4 Å². The van der Waals surface area contributed by atoms with Crippen LogP contribution in [-0.2, 0) is 19.6 Å². The quantitative estimate of drug-likeness (QED) is 0.304. The molecule has 4 rings (SSSR count). The van der Waals surface area contributed by atoms with E-state index in [2.05, 4.69) is 28.5 Å². The molecule has 0 amide bonds. The Kier molecular flexibility index (Phi) is 8.75. The van der Waals surface area contributed by atoms with Gasteiger partial charge in [0.25, 0.3) is 0 Å². The number of rotatable bonds is 11. The monoisotopic (exact) mass is 463 g/mol. The highest BCUT2D eigenvalue weighted by atomic mass is 19.1. The minimum atomic E-state index is -0.220. The maximum atomic E-state index is 14.0. The first-order valence-corrected chi connectivity index (χ1v) is 12.8. The zero-order valence-electron chi connectivity index (χ0n) is 20.7. The molecular formula is C29H38FN3O. The fraction of sp³-hybridized carbons (Fsp3) is 0.483. The molecule has 0 atom stereocenters. The highest BCUT2D eigenvalue weighted by Gasteiger charge is 2.20. The molecule has 0 spiro atoms. The highest BCUT2D eigenvalue weighted by Crippen LogP contribution is 2.27. The first-order valence-electron chi connectivity index (χ1n) is 12.8. The van der Waals surface area contributed by atoms with Crippen molar-refractivity contribution in [3.63, 3.8) is 0 Å². The van der Waals surface area contributed by atoms with E-state index in [-0.39, 0.29) is 5.82 Å². The van der Waals surface area contributed by atoms with Crippen molar-refractivity contribution in [3.8, 4) is 17.1 Å². The van der Waals surface area contributed by atoms with Crippen LogP contribution in [0.5, 0.6) is 5.75 Å². The van der Waals surface area contributed by atoms with E-state index >= 15 is 0 Å².